The zero-order valence-electron chi connectivity index (χ0n) is 15.3. The van der Waals surface area contributed by atoms with Crippen LogP contribution in [0.15, 0.2) is 54.6 Å². The normalized spacial score (nSPS) is 16.0. The van der Waals surface area contributed by atoms with Gasteiger partial charge in [0.05, 0.1) is 0 Å². The van der Waals surface area contributed by atoms with Crippen LogP contribution in [0, 0.1) is 0 Å². The van der Waals surface area contributed by atoms with E-state index in [-0.39, 0.29) is 0 Å². The van der Waals surface area contributed by atoms with Crippen molar-refractivity contribution < 1.29 is 4.74 Å². The third-order valence-electron chi connectivity index (χ3n) is 4.86. The highest BCUT2D eigenvalue weighted by Gasteiger charge is 2.13. The summed E-state index contributed by atoms with van der Waals surface area (Å²) in [6, 6.07) is 18.9. The van der Waals surface area contributed by atoms with Crippen molar-refractivity contribution in [3.8, 4) is 11.5 Å². The van der Waals surface area contributed by atoms with Gasteiger partial charge < -0.3 is 15.0 Å². The molecule has 1 atom stereocenters. The number of nitrogens with zero attached hydrogens (tertiary/aromatic N) is 1. The highest BCUT2D eigenvalue weighted by molar-refractivity contribution is 5.33. The second kappa shape index (κ2) is 9.59. The van der Waals surface area contributed by atoms with Crippen LogP contribution in [0.3, 0.4) is 0 Å². The van der Waals surface area contributed by atoms with Gasteiger partial charge in [0, 0.05) is 19.1 Å². The van der Waals surface area contributed by atoms with Crippen LogP contribution in [-0.2, 0) is 0 Å². The van der Waals surface area contributed by atoms with Crippen molar-refractivity contribution >= 4 is 0 Å². The largest absolute Gasteiger partial charge is 0.457 e. The first-order valence-electron chi connectivity index (χ1n) is 9.64. The van der Waals surface area contributed by atoms with Crippen LogP contribution in [0.4, 0.5) is 0 Å². The molecule has 1 N–H and O–H groups in total. The maximum Gasteiger partial charge on any atom is 0.127 e. The first-order valence-corrected chi connectivity index (χ1v) is 9.64. The molecule has 134 valence electrons. The van der Waals surface area contributed by atoms with Crippen LogP contribution in [0.5, 0.6) is 11.5 Å². The van der Waals surface area contributed by atoms with Crippen LogP contribution in [0.25, 0.3) is 0 Å². The number of benzene rings is 2. The minimum absolute atomic E-state index is 0.429. The number of hydrogen-bond donors (Lipinski definition) is 1. The Morgan fingerprint density at radius 3 is 2.32 bits per heavy atom. The third-order valence-corrected chi connectivity index (χ3v) is 4.86. The van der Waals surface area contributed by atoms with Crippen molar-refractivity contribution in [1.29, 1.82) is 0 Å². The Bertz CT molecular complexity index is 606. The molecule has 0 amide bonds. The molecule has 1 aliphatic rings. The SMILES string of the molecule is CCCC(NCCN1CCCC1)c1ccc(Oc2ccccc2)cc1. The molecule has 1 saturated heterocycles. The molecule has 2 aromatic carbocycles. The van der Waals surface area contributed by atoms with Crippen molar-refractivity contribution in [2.24, 2.45) is 0 Å². The van der Waals surface area contributed by atoms with Crippen molar-refractivity contribution in [2.75, 3.05) is 26.2 Å². The molecular formula is C22H30N2O. The van der Waals surface area contributed by atoms with Crippen LogP contribution in [0.2, 0.25) is 0 Å². The summed E-state index contributed by atoms with van der Waals surface area (Å²) in [5.41, 5.74) is 1.35. The predicted molar refractivity (Wildman–Crippen MR) is 104 cm³/mol. The van der Waals surface area contributed by atoms with Gasteiger partial charge in [0.2, 0.25) is 0 Å². The molecule has 1 unspecified atom stereocenters. The van der Waals surface area contributed by atoms with Crippen molar-refractivity contribution in [2.45, 2.75) is 38.6 Å². The number of rotatable bonds is 9. The second-order valence-electron chi connectivity index (χ2n) is 6.83. The lowest BCUT2D eigenvalue weighted by Gasteiger charge is -2.21. The van der Waals surface area contributed by atoms with E-state index in [9.17, 15) is 0 Å². The molecule has 0 bridgehead atoms. The molecule has 0 aliphatic carbocycles. The summed E-state index contributed by atoms with van der Waals surface area (Å²) in [6.07, 6.45) is 5.07. The van der Waals surface area contributed by atoms with Gasteiger partial charge in [-0.2, -0.15) is 0 Å². The van der Waals surface area contributed by atoms with Gasteiger partial charge in [-0.25, -0.2) is 0 Å². The monoisotopic (exact) mass is 338 g/mol. The minimum Gasteiger partial charge on any atom is -0.457 e. The summed E-state index contributed by atoms with van der Waals surface area (Å²) in [5.74, 6) is 1.77. The van der Waals surface area contributed by atoms with Crippen LogP contribution < -0.4 is 10.1 Å². The summed E-state index contributed by atoms with van der Waals surface area (Å²) in [4.78, 5) is 2.56. The van der Waals surface area contributed by atoms with Gasteiger partial charge in [-0.15, -0.1) is 0 Å². The average molecular weight is 338 g/mol. The van der Waals surface area contributed by atoms with E-state index in [1.807, 2.05) is 30.3 Å². The number of hydrogen-bond acceptors (Lipinski definition) is 3. The molecule has 3 nitrogen and oxygen atoms in total. The lowest BCUT2D eigenvalue weighted by Crippen LogP contribution is -2.32. The van der Waals surface area contributed by atoms with Gasteiger partial charge in [0.15, 0.2) is 0 Å². The van der Waals surface area contributed by atoms with E-state index in [4.69, 9.17) is 4.74 Å². The van der Waals surface area contributed by atoms with Crippen molar-refractivity contribution in [1.82, 2.24) is 10.2 Å². The molecule has 0 saturated carbocycles. The number of likely N-dealkylation sites (tertiary alicyclic amines) is 1. The molecule has 25 heavy (non-hydrogen) atoms. The smallest absolute Gasteiger partial charge is 0.127 e. The zero-order chi connectivity index (χ0) is 17.3. The van der Waals surface area contributed by atoms with Gasteiger partial charge in [0.25, 0.3) is 0 Å². The average Bonchev–Trinajstić information content (AvgIpc) is 3.16. The van der Waals surface area contributed by atoms with E-state index < -0.39 is 0 Å². The lowest BCUT2D eigenvalue weighted by atomic mass is 10.0. The Morgan fingerprint density at radius 2 is 1.64 bits per heavy atom. The third kappa shape index (κ3) is 5.58. The summed E-state index contributed by atoms with van der Waals surface area (Å²) < 4.78 is 5.89. The molecule has 1 heterocycles. The zero-order valence-corrected chi connectivity index (χ0v) is 15.3. The lowest BCUT2D eigenvalue weighted by molar-refractivity contribution is 0.325. The standard InChI is InChI=1S/C22H30N2O/c1-2-8-22(23-15-18-24-16-6-7-17-24)19-11-13-21(14-12-19)25-20-9-4-3-5-10-20/h3-5,9-14,22-23H,2,6-8,15-18H2,1H3. The minimum atomic E-state index is 0.429. The fraction of sp³-hybridized carbons (Fsp3) is 0.455. The van der Waals surface area contributed by atoms with Crippen molar-refractivity contribution in [3.63, 3.8) is 0 Å². The van der Waals surface area contributed by atoms with Crippen LogP contribution in [0.1, 0.15) is 44.2 Å². The van der Waals surface area contributed by atoms with Crippen molar-refractivity contribution in [3.05, 3.63) is 60.2 Å². The first kappa shape index (κ1) is 18.0. The Hall–Kier alpha value is -1.84. The number of ether oxygens (including phenoxy) is 1. The molecule has 3 rings (SSSR count). The topological polar surface area (TPSA) is 24.5 Å². The molecule has 1 fully saturated rings. The summed E-state index contributed by atoms with van der Waals surface area (Å²) in [5, 5.41) is 3.75. The Kier molecular flexibility index (Phi) is 6.89. The Morgan fingerprint density at radius 1 is 0.960 bits per heavy atom. The van der Waals surface area contributed by atoms with Crippen LogP contribution in [-0.4, -0.2) is 31.1 Å². The maximum atomic E-state index is 5.89. The summed E-state index contributed by atoms with van der Waals surface area (Å²) >= 11 is 0. The fourth-order valence-electron chi connectivity index (χ4n) is 3.47. The van der Waals surface area contributed by atoms with E-state index in [0.717, 1.165) is 24.6 Å². The summed E-state index contributed by atoms with van der Waals surface area (Å²) in [6.45, 7) is 7.02. The quantitative estimate of drug-likeness (QED) is 0.696. The molecule has 0 aromatic heterocycles. The molecule has 0 radical (unpaired) electrons. The van der Waals surface area contributed by atoms with E-state index in [1.54, 1.807) is 0 Å². The fourth-order valence-corrected chi connectivity index (χ4v) is 3.47. The van der Waals surface area contributed by atoms with E-state index >= 15 is 0 Å². The highest BCUT2D eigenvalue weighted by Crippen LogP contribution is 2.25. The van der Waals surface area contributed by atoms with Gasteiger partial charge in [-0.3, -0.25) is 0 Å². The van der Waals surface area contributed by atoms with Gasteiger partial charge in [-0.05, 0) is 62.2 Å². The second-order valence-corrected chi connectivity index (χ2v) is 6.83. The molecule has 1 aliphatic heterocycles. The molecule has 0 spiro atoms. The van der Waals surface area contributed by atoms with E-state index in [1.165, 1.54) is 44.3 Å². The van der Waals surface area contributed by atoms with Crippen LogP contribution >= 0.6 is 0 Å². The Labute approximate surface area is 152 Å². The summed E-state index contributed by atoms with van der Waals surface area (Å²) in [7, 11) is 0. The predicted octanol–water partition coefficient (Wildman–Crippen LogP) is 5.01. The molecule has 3 heteroatoms. The number of nitrogens with one attached hydrogen (secondary N) is 1. The highest BCUT2D eigenvalue weighted by atomic mass is 16.5. The molecular weight excluding hydrogens is 308 g/mol. The van der Waals surface area contributed by atoms with Gasteiger partial charge in [0.1, 0.15) is 11.5 Å². The van der Waals surface area contributed by atoms with Gasteiger partial charge >= 0.3 is 0 Å². The Balaban J connectivity index is 1.55. The van der Waals surface area contributed by atoms with Gasteiger partial charge in [-0.1, -0.05) is 43.7 Å². The van der Waals surface area contributed by atoms with E-state index in [0.29, 0.717) is 6.04 Å². The first-order chi connectivity index (χ1) is 12.3. The maximum absolute atomic E-state index is 5.89. The number of para-hydroxylation sites is 1. The van der Waals surface area contributed by atoms with E-state index in [2.05, 4.69) is 41.4 Å². The molecule has 2 aromatic rings.